The van der Waals surface area contributed by atoms with Gasteiger partial charge >= 0.3 is 0 Å². The summed E-state index contributed by atoms with van der Waals surface area (Å²) in [6.07, 6.45) is 0. The molecule has 22 heavy (non-hydrogen) atoms. The minimum Gasteiger partial charge on any atom is -0.399 e. The zero-order valence-electron chi connectivity index (χ0n) is 13.4. The van der Waals surface area contributed by atoms with Crippen LogP contribution in [0.15, 0.2) is 42.5 Å². The zero-order valence-corrected chi connectivity index (χ0v) is 13.4. The third kappa shape index (κ3) is 4.01. The van der Waals surface area contributed by atoms with Crippen molar-refractivity contribution in [3.8, 4) is 0 Å². The highest BCUT2D eigenvalue weighted by Crippen LogP contribution is 2.19. The Morgan fingerprint density at radius 1 is 1.18 bits per heavy atom. The van der Waals surface area contributed by atoms with E-state index in [0.717, 1.165) is 23.5 Å². The smallest absolute Gasteiger partial charge is 0.243 e. The quantitative estimate of drug-likeness (QED) is 0.832. The van der Waals surface area contributed by atoms with Gasteiger partial charge in [0.25, 0.3) is 0 Å². The average molecular weight is 297 g/mol. The maximum absolute atomic E-state index is 12.3. The van der Waals surface area contributed by atoms with Gasteiger partial charge in [-0.3, -0.25) is 4.79 Å². The Kier molecular flexibility index (Phi) is 5.04. The molecule has 0 aliphatic rings. The first-order valence-electron chi connectivity index (χ1n) is 7.47. The number of hydrogen-bond donors (Lipinski definition) is 2. The third-order valence-electron chi connectivity index (χ3n) is 3.61. The Labute approximate surface area is 131 Å². The summed E-state index contributed by atoms with van der Waals surface area (Å²) in [6, 6.07) is 13.7. The molecular weight excluding hydrogens is 274 g/mol. The highest BCUT2D eigenvalue weighted by Gasteiger charge is 2.11. The van der Waals surface area contributed by atoms with Gasteiger partial charge in [-0.1, -0.05) is 12.1 Å². The minimum atomic E-state index is -0.0313. The van der Waals surface area contributed by atoms with Crippen LogP contribution in [0.1, 0.15) is 18.1 Å². The Hall–Kier alpha value is -2.49. The summed E-state index contributed by atoms with van der Waals surface area (Å²) < 4.78 is 0. The van der Waals surface area contributed by atoms with Crippen LogP contribution < -0.4 is 16.0 Å². The maximum atomic E-state index is 12.3. The van der Waals surface area contributed by atoms with E-state index in [1.807, 2.05) is 38.1 Å². The molecule has 0 spiro atoms. The molecule has 0 radical (unpaired) electrons. The molecule has 4 heteroatoms. The summed E-state index contributed by atoms with van der Waals surface area (Å²) in [5.41, 5.74) is 10.4. The molecule has 0 heterocycles. The average Bonchev–Trinajstić information content (AvgIpc) is 2.47. The normalized spacial score (nSPS) is 10.3. The number of nitrogens with zero attached hydrogens (tertiary/aromatic N) is 1. The fraction of sp³-hybridized carbons (Fsp3) is 0.278. The highest BCUT2D eigenvalue weighted by molar-refractivity contribution is 5.94. The second-order valence-corrected chi connectivity index (χ2v) is 5.48. The summed E-state index contributed by atoms with van der Waals surface area (Å²) >= 11 is 0. The SMILES string of the molecule is CCN(CC(=O)Nc1ccc(N)cc1C)c1cccc(C)c1. The lowest BCUT2D eigenvalue weighted by atomic mass is 10.1. The van der Waals surface area contributed by atoms with Gasteiger partial charge in [-0.25, -0.2) is 0 Å². The predicted octanol–water partition coefficient (Wildman–Crippen LogP) is 3.35. The molecule has 0 aromatic heterocycles. The molecule has 2 aromatic rings. The first kappa shape index (κ1) is 15.9. The number of rotatable bonds is 5. The fourth-order valence-electron chi connectivity index (χ4n) is 2.40. The number of carbonyl (C=O) groups is 1. The van der Waals surface area contributed by atoms with Crippen molar-refractivity contribution in [2.24, 2.45) is 0 Å². The van der Waals surface area contributed by atoms with Crippen LogP contribution in [0.3, 0.4) is 0 Å². The van der Waals surface area contributed by atoms with E-state index in [1.165, 1.54) is 5.56 Å². The second kappa shape index (κ2) is 6.98. The van der Waals surface area contributed by atoms with Crippen LogP contribution in [0, 0.1) is 13.8 Å². The largest absolute Gasteiger partial charge is 0.399 e. The van der Waals surface area contributed by atoms with E-state index in [1.54, 1.807) is 6.07 Å². The number of nitrogen functional groups attached to an aromatic ring is 1. The molecule has 116 valence electrons. The molecule has 0 saturated carbocycles. The molecule has 0 unspecified atom stereocenters. The van der Waals surface area contributed by atoms with Gasteiger partial charge in [0.05, 0.1) is 6.54 Å². The molecule has 2 rings (SSSR count). The molecule has 0 fully saturated rings. The van der Waals surface area contributed by atoms with E-state index in [2.05, 4.69) is 29.3 Å². The van der Waals surface area contributed by atoms with Gasteiger partial charge in [0.1, 0.15) is 0 Å². The van der Waals surface area contributed by atoms with Gasteiger partial charge in [0.2, 0.25) is 5.91 Å². The number of likely N-dealkylation sites (N-methyl/N-ethyl adjacent to an activating group) is 1. The molecule has 0 saturated heterocycles. The van der Waals surface area contributed by atoms with E-state index >= 15 is 0 Å². The minimum absolute atomic E-state index is 0.0313. The standard InChI is InChI=1S/C18H23N3O/c1-4-21(16-7-5-6-13(2)10-16)12-18(22)20-17-9-8-15(19)11-14(17)3/h5-11H,4,12,19H2,1-3H3,(H,20,22). The number of nitrogens with two attached hydrogens (primary N) is 1. The van der Waals surface area contributed by atoms with E-state index in [0.29, 0.717) is 12.2 Å². The van der Waals surface area contributed by atoms with Crippen molar-refractivity contribution in [3.63, 3.8) is 0 Å². The van der Waals surface area contributed by atoms with Gasteiger partial charge in [-0.2, -0.15) is 0 Å². The highest BCUT2D eigenvalue weighted by atomic mass is 16.2. The molecule has 4 nitrogen and oxygen atoms in total. The number of benzene rings is 2. The van der Waals surface area contributed by atoms with E-state index < -0.39 is 0 Å². The first-order chi connectivity index (χ1) is 10.5. The van der Waals surface area contributed by atoms with Crippen molar-refractivity contribution in [2.45, 2.75) is 20.8 Å². The number of nitrogens with one attached hydrogen (secondary N) is 1. The van der Waals surface area contributed by atoms with Crippen molar-refractivity contribution < 1.29 is 4.79 Å². The van der Waals surface area contributed by atoms with Gasteiger partial charge < -0.3 is 16.0 Å². The van der Waals surface area contributed by atoms with Crippen LogP contribution >= 0.6 is 0 Å². The zero-order chi connectivity index (χ0) is 16.1. The summed E-state index contributed by atoms with van der Waals surface area (Å²) in [4.78, 5) is 14.3. The van der Waals surface area contributed by atoms with E-state index in [4.69, 9.17) is 5.73 Å². The number of carbonyl (C=O) groups excluding carboxylic acids is 1. The predicted molar refractivity (Wildman–Crippen MR) is 93.3 cm³/mol. The summed E-state index contributed by atoms with van der Waals surface area (Å²) in [7, 11) is 0. The van der Waals surface area contributed by atoms with Crippen molar-refractivity contribution in [1.29, 1.82) is 0 Å². The topological polar surface area (TPSA) is 58.4 Å². The Morgan fingerprint density at radius 3 is 2.59 bits per heavy atom. The fourth-order valence-corrected chi connectivity index (χ4v) is 2.40. The molecule has 2 aromatic carbocycles. The van der Waals surface area contributed by atoms with Crippen LogP contribution in [0.4, 0.5) is 17.1 Å². The number of amides is 1. The molecule has 3 N–H and O–H groups in total. The summed E-state index contributed by atoms with van der Waals surface area (Å²) in [5.74, 6) is -0.0313. The second-order valence-electron chi connectivity index (χ2n) is 5.48. The molecule has 1 amide bonds. The van der Waals surface area contributed by atoms with Crippen LogP contribution in [0.2, 0.25) is 0 Å². The lowest BCUT2D eigenvalue weighted by molar-refractivity contribution is -0.115. The van der Waals surface area contributed by atoms with Gasteiger partial charge in [-0.15, -0.1) is 0 Å². The van der Waals surface area contributed by atoms with Crippen LogP contribution in [-0.2, 0) is 4.79 Å². The third-order valence-corrected chi connectivity index (χ3v) is 3.61. The number of anilines is 3. The van der Waals surface area contributed by atoms with Crippen LogP contribution in [0.5, 0.6) is 0 Å². The van der Waals surface area contributed by atoms with Gasteiger partial charge in [0.15, 0.2) is 0 Å². The lowest BCUT2D eigenvalue weighted by Gasteiger charge is -2.23. The molecule has 0 aliphatic heterocycles. The van der Waals surface area contributed by atoms with Crippen LogP contribution in [-0.4, -0.2) is 19.0 Å². The van der Waals surface area contributed by atoms with Crippen molar-refractivity contribution in [3.05, 3.63) is 53.6 Å². The Balaban J connectivity index is 2.06. The molecule has 0 aliphatic carbocycles. The number of aryl methyl sites for hydroxylation is 2. The summed E-state index contributed by atoms with van der Waals surface area (Å²) in [6.45, 7) is 7.13. The summed E-state index contributed by atoms with van der Waals surface area (Å²) in [5, 5.41) is 2.95. The maximum Gasteiger partial charge on any atom is 0.243 e. The van der Waals surface area contributed by atoms with E-state index in [9.17, 15) is 4.79 Å². The Morgan fingerprint density at radius 2 is 1.95 bits per heavy atom. The number of hydrogen-bond acceptors (Lipinski definition) is 3. The monoisotopic (exact) mass is 297 g/mol. The molecule has 0 atom stereocenters. The van der Waals surface area contributed by atoms with E-state index in [-0.39, 0.29) is 5.91 Å². The van der Waals surface area contributed by atoms with Gasteiger partial charge in [0, 0.05) is 23.6 Å². The first-order valence-corrected chi connectivity index (χ1v) is 7.47. The van der Waals surface area contributed by atoms with Crippen LogP contribution in [0.25, 0.3) is 0 Å². The van der Waals surface area contributed by atoms with Gasteiger partial charge in [-0.05, 0) is 62.2 Å². The molecule has 0 bridgehead atoms. The van der Waals surface area contributed by atoms with Crippen molar-refractivity contribution >= 4 is 23.0 Å². The van der Waals surface area contributed by atoms with Crippen molar-refractivity contribution in [1.82, 2.24) is 0 Å². The Bertz CT molecular complexity index is 667. The van der Waals surface area contributed by atoms with Crippen molar-refractivity contribution in [2.75, 3.05) is 29.0 Å². The lowest BCUT2D eigenvalue weighted by Crippen LogP contribution is -2.33. The molecular formula is C18H23N3O.